The van der Waals surface area contributed by atoms with E-state index in [4.69, 9.17) is 4.74 Å². The Labute approximate surface area is 224 Å². The van der Waals surface area contributed by atoms with Gasteiger partial charge in [-0.15, -0.1) is 0 Å². The molecule has 0 spiro atoms. The normalized spacial score (nSPS) is 17.4. The molecule has 1 aliphatic rings. The number of hydrogen-bond donors (Lipinski definition) is 2. The molecule has 4 rings (SSSR count). The number of amides is 3. The van der Waals surface area contributed by atoms with Crippen LogP contribution < -0.4 is 10.6 Å². The quantitative estimate of drug-likeness (QED) is 0.410. The van der Waals surface area contributed by atoms with Crippen LogP contribution >= 0.6 is 0 Å². The Morgan fingerprint density at radius 2 is 1.66 bits per heavy atom. The molecule has 3 atom stereocenters. The van der Waals surface area contributed by atoms with Crippen LogP contribution in [0.3, 0.4) is 0 Å². The second kappa shape index (κ2) is 10.9. The molecular formula is C31H37N3O4. The third-order valence-corrected chi connectivity index (χ3v) is 6.89. The Morgan fingerprint density at radius 3 is 2.29 bits per heavy atom. The molecule has 0 aliphatic heterocycles. The average molecular weight is 516 g/mol. The molecule has 2 N–H and O–H groups in total. The highest BCUT2D eigenvalue weighted by Gasteiger charge is 2.46. The number of alkyl carbamates (subject to hydrolysis) is 1. The van der Waals surface area contributed by atoms with Gasteiger partial charge in [0.05, 0.1) is 0 Å². The number of nitrogens with zero attached hydrogens (tertiary/aromatic N) is 1. The van der Waals surface area contributed by atoms with Gasteiger partial charge in [0.15, 0.2) is 0 Å². The lowest BCUT2D eigenvalue weighted by molar-refractivity contribution is -0.139. The summed E-state index contributed by atoms with van der Waals surface area (Å²) < 4.78 is 5.30. The lowest BCUT2D eigenvalue weighted by atomic mass is 9.98. The first kappa shape index (κ1) is 27.2. The van der Waals surface area contributed by atoms with Crippen LogP contribution in [0.25, 0.3) is 10.8 Å². The molecule has 1 fully saturated rings. The number of anilines is 1. The van der Waals surface area contributed by atoms with E-state index >= 15 is 0 Å². The first-order chi connectivity index (χ1) is 17.9. The van der Waals surface area contributed by atoms with E-state index in [0.717, 1.165) is 33.9 Å². The van der Waals surface area contributed by atoms with E-state index in [1.54, 1.807) is 25.7 Å². The SMILES string of the molecule is Cc1ccc(C(C(=O)Nc2ccc3ccccc3c2)N(C(=O)CNC(=O)OC(C)(C)C)C2CC2C)cc1C. The molecule has 1 aliphatic carbocycles. The van der Waals surface area contributed by atoms with Crippen LogP contribution in [0.5, 0.6) is 0 Å². The van der Waals surface area contributed by atoms with Gasteiger partial charge in [0.1, 0.15) is 18.2 Å². The first-order valence-electron chi connectivity index (χ1n) is 13.1. The van der Waals surface area contributed by atoms with E-state index in [9.17, 15) is 14.4 Å². The Morgan fingerprint density at radius 1 is 0.974 bits per heavy atom. The highest BCUT2D eigenvalue weighted by atomic mass is 16.6. The fraction of sp³-hybridized carbons (Fsp3) is 0.387. The molecule has 0 saturated heterocycles. The molecule has 7 nitrogen and oxygen atoms in total. The van der Waals surface area contributed by atoms with Crippen LogP contribution in [0.2, 0.25) is 0 Å². The fourth-order valence-corrected chi connectivity index (χ4v) is 4.61. The zero-order valence-corrected chi connectivity index (χ0v) is 23.0. The smallest absolute Gasteiger partial charge is 0.408 e. The third kappa shape index (κ3) is 6.52. The molecule has 3 aromatic carbocycles. The van der Waals surface area contributed by atoms with E-state index < -0.39 is 17.7 Å². The Hall–Kier alpha value is -3.87. The van der Waals surface area contributed by atoms with Crippen LogP contribution in [0.1, 0.15) is 56.8 Å². The fourth-order valence-electron chi connectivity index (χ4n) is 4.61. The summed E-state index contributed by atoms with van der Waals surface area (Å²) in [6, 6.07) is 18.6. The van der Waals surface area contributed by atoms with Gasteiger partial charge in [-0.25, -0.2) is 4.79 Å². The molecule has 200 valence electrons. The van der Waals surface area contributed by atoms with Gasteiger partial charge < -0.3 is 20.3 Å². The van der Waals surface area contributed by atoms with Gasteiger partial charge in [-0.2, -0.15) is 0 Å². The number of aryl methyl sites for hydroxylation is 2. The minimum atomic E-state index is -0.858. The van der Waals surface area contributed by atoms with Crippen molar-refractivity contribution in [3.05, 3.63) is 77.4 Å². The van der Waals surface area contributed by atoms with Crippen LogP contribution in [0, 0.1) is 19.8 Å². The number of hydrogen-bond acceptors (Lipinski definition) is 4. The van der Waals surface area contributed by atoms with E-state index in [-0.39, 0.29) is 30.3 Å². The summed E-state index contributed by atoms with van der Waals surface area (Å²) in [5.74, 6) is -0.377. The van der Waals surface area contributed by atoms with Crippen LogP contribution in [0.4, 0.5) is 10.5 Å². The molecule has 0 aromatic heterocycles. The summed E-state index contributed by atoms with van der Waals surface area (Å²) in [5.41, 5.74) is 2.85. The van der Waals surface area contributed by atoms with Crippen molar-refractivity contribution >= 4 is 34.4 Å². The molecule has 38 heavy (non-hydrogen) atoms. The van der Waals surface area contributed by atoms with Crippen LogP contribution in [-0.2, 0) is 14.3 Å². The maximum absolute atomic E-state index is 13.9. The minimum Gasteiger partial charge on any atom is -0.444 e. The molecule has 3 unspecified atom stereocenters. The maximum Gasteiger partial charge on any atom is 0.408 e. The third-order valence-electron chi connectivity index (χ3n) is 6.89. The van der Waals surface area contributed by atoms with Crippen molar-refractivity contribution in [1.29, 1.82) is 0 Å². The molecule has 3 aromatic rings. The van der Waals surface area contributed by atoms with Crippen molar-refractivity contribution in [2.45, 2.75) is 65.6 Å². The van der Waals surface area contributed by atoms with E-state index in [1.165, 1.54) is 0 Å². The van der Waals surface area contributed by atoms with Gasteiger partial charge in [-0.3, -0.25) is 9.59 Å². The standard InChI is InChI=1S/C31H37N3O4/c1-19-11-12-24(15-20(19)2)28(29(36)33-25-14-13-22-9-7-8-10-23(22)17-25)34(26-16-21(26)3)27(35)18-32-30(37)38-31(4,5)6/h7-15,17,21,26,28H,16,18H2,1-6H3,(H,32,37)(H,33,36). The Balaban J connectivity index is 1.65. The van der Waals surface area contributed by atoms with Gasteiger partial charge in [-0.05, 0) is 86.6 Å². The molecule has 7 heteroatoms. The number of nitrogens with one attached hydrogen (secondary N) is 2. The molecule has 0 bridgehead atoms. The van der Waals surface area contributed by atoms with Crippen molar-refractivity contribution in [2.24, 2.45) is 5.92 Å². The Kier molecular flexibility index (Phi) is 7.76. The average Bonchev–Trinajstić information content (AvgIpc) is 3.57. The predicted octanol–water partition coefficient (Wildman–Crippen LogP) is 5.90. The number of benzene rings is 3. The minimum absolute atomic E-state index is 0.100. The van der Waals surface area contributed by atoms with Crippen molar-refractivity contribution in [3.63, 3.8) is 0 Å². The summed E-state index contributed by atoms with van der Waals surface area (Å²) in [7, 11) is 0. The molecular weight excluding hydrogens is 478 g/mol. The molecule has 3 amide bonds. The van der Waals surface area contributed by atoms with Crippen LogP contribution in [-0.4, -0.2) is 41.0 Å². The number of carbonyl (C=O) groups is 3. The Bertz CT molecular complexity index is 1360. The van der Waals surface area contributed by atoms with Crippen molar-refractivity contribution in [1.82, 2.24) is 10.2 Å². The lowest BCUT2D eigenvalue weighted by Gasteiger charge is -2.32. The summed E-state index contributed by atoms with van der Waals surface area (Å²) in [6.45, 7) is 11.1. The van der Waals surface area contributed by atoms with Gasteiger partial charge in [-0.1, -0.05) is 55.5 Å². The lowest BCUT2D eigenvalue weighted by Crippen LogP contribution is -2.48. The highest BCUT2D eigenvalue weighted by Crippen LogP contribution is 2.41. The van der Waals surface area contributed by atoms with Gasteiger partial charge >= 0.3 is 6.09 Å². The number of rotatable bonds is 7. The zero-order valence-electron chi connectivity index (χ0n) is 23.0. The van der Waals surface area contributed by atoms with Crippen molar-refractivity contribution < 1.29 is 19.1 Å². The van der Waals surface area contributed by atoms with E-state index in [2.05, 4.69) is 17.6 Å². The number of fused-ring (bicyclic) bond motifs is 1. The van der Waals surface area contributed by atoms with Gasteiger partial charge in [0, 0.05) is 11.7 Å². The van der Waals surface area contributed by atoms with Crippen LogP contribution in [0.15, 0.2) is 60.7 Å². The number of carbonyl (C=O) groups excluding carboxylic acids is 3. The second-order valence-electron chi connectivity index (χ2n) is 11.2. The summed E-state index contributed by atoms with van der Waals surface area (Å²) in [6.07, 6.45) is 0.126. The van der Waals surface area contributed by atoms with Gasteiger partial charge in [0.25, 0.3) is 5.91 Å². The molecule has 0 radical (unpaired) electrons. The predicted molar refractivity (Wildman–Crippen MR) is 150 cm³/mol. The largest absolute Gasteiger partial charge is 0.444 e. The topological polar surface area (TPSA) is 87.7 Å². The maximum atomic E-state index is 13.9. The van der Waals surface area contributed by atoms with Crippen molar-refractivity contribution in [2.75, 3.05) is 11.9 Å². The zero-order chi connectivity index (χ0) is 27.6. The monoisotopic (exact) mass is 515 g/mol. The first-order valence-corrected chi connectivity index (χ1v) is 13.1. The molecule has 0 heterocycles. The summed E-state index contributed by atoms with van der Waals surface area (Å²) in [4.78, 5) is 41.5. The van der Waals surface area contributed by atoms with Crippen molar-refractivity contribution in [3.8, 4) is 0 Å². The number of ether oxygens (including phenoxy) is 1. The van der Waals surface area contributed by atoms with E-state index in [0.29, 0.717) is 5.69 Å². The highest BCUT2D eigenvalue weighted by molar-refractivity contribution is 6.00. The van der Waals surface area contributed by atoms with E-state index in [1.807, 2.05) is 74.5 Å². The van der Waals surface area contributed by atoms with Gasteiger partial charge in [0.2, 0.25) is 5.91 Å². The summed E-state index contributed by atoms with van der Waals surface area (Å²) in [5, 5.41) is 7.71. The second-order valence-corrected chi connectivity index (χ2v) is 11.2. The molecule has 1 saturated carbocycles. The summed E-state index contributed by atoms with van der Waals surface area (Å²) >= 11 is 0.